The van der Waals surface area contributed by atoms with Gasteiger partial charge in [-0.25, -0.2) is 9.37 Å². The summed E-state index contributed by atoms with van der Waals surface area (Å²) in [5, 5.41) is 5.27. The van der Waals surface area contributed by atoms with Crippen LogP contribution in [0.5, 0.6) is 0 Å². The number of aromatic nitrogens is 3. The predicted molar refractivity (Wildman–Crippen MR) is 116 cm³/mol. The van der Waals surface area contributed by atoms with Crippen LogP contribution in [0.2, 0.25) is 0 Å². The zero-order chi connectivity index (χ0) is 20.2. The third kappa shape index (κ3) is 2.58. The number of piperazine rings is 1. The number of nitrogens with one attached hydrogen (secondary N) is 1. The number of rotatable bonds is 2. The quantitative estimate of drug-likeness (QED) is 0.438. The summed E-state index contributed by atoms with van der Waals surface area (Å²) < 4.78 is 20.1. The molecule has 3 aromatic heterocycles. The van der Waals surface area contributed by atoms with Crippen molar-refractivity contribution >= 4 is 55.1 Å². The Morgan fingerprint density at radius 1 is 1.07 bits per heavy atom. The fourth-order valence-electron chi connectivity index (χ4n) is 4.14. The number of hydrogen-bond acceptors (Lipinski definition) is 7. The SMILES string of the molecule is O=c1[nH]ccc2c3oc(N4CCN(c5nccs5)CC4)nc3c3ccc(F)cc3c12. The van der Waals surface area contributed by atoms with Gasteiger partial charge in [-0.3, -0.25) is 4.79 Å². The molecule has 9 heteroatoms. The van der Waals surface area contributed by atoms with Crippen LogP contribution < -0.4 is 15.4 Å². The first-order chi connectivity index (χ1) is 14.7. The molecule has 5 aromatic rings. The lowest BCUT2D eigenvalue weighted by Gasteiger charge is -2.33. The van der Waals surface area contributed by atoms with Crippen LogP contribution in [-0.2, 0) is 0 Å². The van der Waals surface area contributed by atoms with E-state index in [2.05, 4.69) is 19.8 Å². The summed E-state index contributed by atoms with van der Waals surface area (Å²) in [5.41, 5.74) is 0.910. The monoisotopic (exact) mass is 421 g/mol. The molecule has 4 heterocycles. The minimum absolute atomic E-state index is 0.278. The summed E-state index contributed by atoms with van der Waals surface area (Å²) in [5.74, 6) is -0.395. The Bertz CT molecular complexity index is 1450. The third-order valence-corrected chi connectivity index (χ3v) is 6.40. The van der Waals surface area contributed by atoms with E-state index in [9.17, 15) is 9.18 Å². The number of halogens is 1. The maximum Gasteiger partial charge on any atom is 0.298 e. The second-order valence-corrected chi connectivity index (χ2v) is 8.12. The number of benzene rings is 2. The van der Waals surface area contributed by atoms with E-state index in [1.54, 1.807) is 29.7 Å². The Balaban J connectivity index is 1.48. The molecule has 1 saturated heterocycles. The Morgan fingerprint density at radius 3 is 2.70 bits per heavy atom. The van der Waals surface area contributed by atoms with Crippen molar-refractivity contribution in [1.82, 2.24) is 15.0 Å². The summed E-state index contributed by atoms with van der Waals surface area (Å²) in [6.45, 7) is 3.13. The highest BCUT2D eigenvalue weighted by Crippen LogP contribution is 2.36. The summed E-state index contributed by atoms with van der Waals surface area (Å²) in [4.78, 5) is 28.7. The van der Waals surface area contributed by atoms with Crippen LogP contribution in [0, 0.1) is 5.82 Å². The number of oxazole rings is 1. The van der Waals surface area contributed by atoms with E-state index in [1.165, 1.54) is 12.1 Å². The average Bonchev–Trinajstić information content (AvgIpc) is 3.44. The fourth-order valence-corrected chi connectivity index (χ4v) is 4.83. The molecule has 150 valence electrons. The molecule has 1 N–H and O–H groups in total. The van der Waals surface area contributed by atoms with Gasteiger partial charge in [0.05, 0.1) is 5.39 Å². The molecule has 0 saturated carbocycles. The van der Waals surface area contributed by atoms with Crippen LogP contribution in [0.25, 0.3) is 32.6 Å². The van der Waals surface area contributed by atoms with Crippen molar-refractivity contribution in [3.63, 3.8) is 0 Å². The summed E-state index contributed by atoms with van der Waals surface area (Å²) >= 11 is 1.63. The highest BCUT2D eigenvalue weighted by molar-refractivity contribution is 7.13. The molecule has 7 nitrogen and oxygen atoms in total. The van der Waals surface area contributed by atoms with Crippen LogP contribution in [0.4, 0.5) is 15.5 Å². The van der Waals surface area contributed by atoms with E-state index in [0.29, 0.717) is 38.7 Å². The molecule has 1 aliphatic heterocycles. The van der Waals surface area contributed by atoms with Crippen LogP contribution in [-0.4, -0.2) is 41.1 Å². The van der Waals surface area contributed by atoms with Crippen LogP contribution >= 0.6 is 11.3 Å². The lowest BCUT2D eigenvalue weighted by Crippen LogP contribution is -2.46. The topological polar surface area (TPSA) is 78.3 Å². The smallest absolute Gasteiger partial charge is 0.298 e. The zero-order valence-electron chi connectivity index (χ0n) is 15.8. The minimum atomic E-state index is -0.395. The summed E-state index contributed by atoms with van der Waals surface area (Å²) in [6, 6.07) is 6.71. The van der Waals surface area contributed by atoms with E-state index in [-0.39, 0.29) is 5.56 Å². The molecule has 0 radical (unpaired) electrons. The second-order valence-electron chi connectivity index (χ2n) is 7.25. The van der Waals surface area contributed by atoms with Crippen molar-refractivity contribution < 1.29 is 8.81 Å². The van der Waals surface area contributed by atoms with Gasteiger partial charge in [-0.2, -0.15) is 4.98 Å². The predicted octanol–water partition coefficient (Wildman–Crippen LogP) is 3.74. The van der Waals surface area contributed by atoms with Gasteiger partial charge in [-0.15, -0.1) is 11.3 Å². The molecule has 2 aromatic carbocycles. The lowest BCUT2D eigenvalue weighted by molar-refractivity contribution is 0.543. The number of pyridine rings is 1. The zero-order valence-corrected chi connectivity index (χ0v) is 16.6. The number of hydrogen-bond donors (Lipinski definition) is 1. The Morgan fingerprint density at radius 2 is 1.90 bits per heavy atom. The van der Waals surface area contributed by atoms with Gasteiger partial charge in [-0.1, -0.05) is 0 Å². The summed E-state index contributed by atoms with van der Waals surface area (Å²) in [7, 11) is 0. The molecule has 6 rings (SSSR count). The highest BCUT2D eigenvalue weighted by atomic mass is 32.1. The number of thiazole rings is 1. The van der Waals surface area contributed by atoms with Gasteiger partial charge >= 0.3 is 0 Å². The van der Waals surface area contributed by atoms with E-state index in [0.717, 1.165) is 31.3 Å². The maximum atomic E-state index is 14.0. The van der Waals surface area contributed by atoms with Gasteiger partial charge in [0.15, 0.2) is 10.7 Å². The summed E-state index contributed by atoms with van der Waals surface area (Å²) in [6.07, 6.45) is 3.39. The number of fused-ring (bicyclic) bond motifs is 6. The van der Waals surface area contributed by atoms with Crippen molar-refractivity contribution in [3.8, 4) is 0 Å². The Kier molecular flexibility index (Phi) is 3.79. The third-order valence-electron chi connectivity index (χ3n) is 5.57. The normalized spacial score (nSPS) is 15.0. The minimum Gasteiger partial charge on any atom is -0.423 e. The molecule has 30 heavy (non-hydrogen) atoms. The molecular formula is C21H16FN5O2S. The first-order valence-corrected chi connectivity index (χ1v) is 10.5. The maximum absolute atomic E-state index is 14.0. The van der Waals surface area contributed by atoms with Crippen LogP contribution in [0.3, 0.4) is 0 Å². The van der Waals surface area contributed by atoms with Gasteiger partial charge in [0.1, 0.15) is 11.3 Å². The van der Waals surface area contributed by atoms with Crippen molar-refractivity contribution in [2.75, 3.05) is 36.0 Å². The van der Waals surface area contributed by atoms with Crippen molar-refractivity contribution in [2.24, 2.45) is 0 Å². The van der Waals surface area contributed by atoms with Gasteiger partial charge < -0.3 is 19.2 Å². The number of anilines is 2. The van der Waals surface area contributed by atoms with E-state index < -0.39 is 5.82 Å². The molecule has 0 aliphatic carbocycles. The molecule has 0 unspecified atom stereocenters. The number of nitrogens with zero attached hydrogens (tertiary/aromatic N) is 4. The molecule has 1 aliphatic rings. The first-order valence-electron chi connectivity index (χ1n) is 9.61. The van der Waals surface area contributed by atoms with Gasteiger partial charge in [0.2, 0.25) is 0 Å². The van der Waals surface area contributed by atoms with Crippen LogP contribution in [0.15, 0.2) is 51.3 Å². The van der Waals surface area contributed by atoms with Crippen molar-refractivity contribution in [2.45, 2.75) is 0 Å². The fraction of sp³-hybridized carbons (Fsp3) is 0.190. The van der Waals surface area contributed by atoms with E-state index in [1.807, 2.05) is 11.6 Å². The molecular weight excluding hydrogens is 405 g/mol. The van der Waals surface area contributed by atoms with E-state index in [4.69, 9.17) is 9.40 Å². The van der Waals surface area contributed by atoms with Gasteiger partial charge in [0.25, 0.3) is 11.6 Å². The second kappa shape index (κ2) is 6.53. The first kappa shape index (κ1) is 17.4. The molecule has 0 amide bonds. The number of H-pyrrole nitrogens is 1. The van der Waals surface area contributed by atoms with E-state index >= 15 is 0 Å². The molecule has 1 fully saturated rings. The standard InChI is InChI=1S/C21H16FN5O2S/c22-12-1-2-13-15(11-12)16-14(3-4-23-19(16)28)18-17(13)25-20(29-18)26-6-8-27(9-7-26)21-24-5-10-30-21/h1-5,10-11H,6-9H2,(H,23,28). The Hall–Kier alpha value is -3.46. The molecule has 0 bridgehead atoms. The largest absolute Gasteiger partial charge is 0.423 e. The number of aromatic amines is 1. The van der Waals surface area contributed by atoms with Gasteiger partial charge in [-0.05, 0) is 24.3 Å². The lowest BCUT2D eigenvalue weighted by atomic mass is 10.0. The molecule has 0 atom stereocenters. The van der Waals surface area contributed by atoms with Crippen molar-refractivity contribution in [1.29, 1.82) is 0 Å². The Labute approximate surface area is 173 Å². The highest BCUT2D eigenvalue weighted by Gasteiger charge is 2.24. The average molecular weight is 421 g/mol. The molecule has 0 spiro atoms. The van der Waals surface area contributed by atoms with Crippen molar-refractivity contribution in [3.05, 3.63) is 58.2 Å². The van der Waals surface area contributed by atoms with Gasteiger partial charge in [0, 0.05) is 60.1 Å². The van der Waals surface area contributed by atoms with Crippen LogP contribution in [0.1, 0.15) is 0 Å².